The Morgan fingerprint density at radius 3 is 2.62 bits per heavy atom. The van der Waals surface area contributed by atoms with Crippen LogP contribution < -0.4 is 5.73 Å². The molecule has 46 valence electrons. The summed E-state index contributed by atoms with van der Waals surface area (Å²) < 4.78 is 0. The van der Waals surface area contributed by atoms with Crippen LogP contribution in [0.1, 0.15) is 0 Å². The van der Waals surface area contributed by atoms with Gasteiger partial charge in [0.1, 0.15) is 0 Å². The first-order chi connectivity index (χ1) is 3.72. The maximum atomic E-state index is 10.5. The van der Waals surface area contributed by atoms with Crippen molar-refractivity contribution in [1.29, 1.82) is 0 Å². The second kappa shape index (κ2) is 3.69. The minimum absolute atomic E-state index is 0.153. The van der Waals surface area contributed by atoms with Gasteiger partial charge in [0.2, 0.25) is 0 Å². The van der Waals surface area contributed by atoms with Crippen molar-refractivity contribution >= 4 is 18.4 Å². The number of carbonyl (C=O) groups is 1. The fourth-order valence-corrected chi connectivity index (χ4v) is 0.421. The van der Waals surface area contributed by atoms with E-state index >= 15 is 0 Å². The summed E-state index contributed by atoms with van der Waals surface area (Å²) in [6, 6.07) is -0.476. The largest absolute Gasteiger partial charge is 0.321 e. The summed E-state index contributed by atoms with van der Waals surface area (Å²) in [5.74, 6) is 0.227. The molecular weight excluding hydrogens is 122 g/mol. The molecule has 2 nitrogen and oxygen atoms in total. The lowest BCUT2D eigenvalue weighted by Gasteiger charge is -1.99. The quantitative estimate of drug-likeness (QED) is 0.418. The number of carbonyl (C=O) groups excluding carboxylic acids is 1. The highest BCUT2D eigenvalue weighted by Crippen LogP contribution is 1.85. The second-order valence-corrected chi connectivity index (χ2v) is 1.76. The first-order valence-electron chi connectivity index (χ1n) is 2.25. The summed E-state index contributed by atoms with van der Waals surface area (Å²) in [7, 11) is 0. The summed E-state index contributed by atoms with van der Waals surface area (Å²) in [4.78, 5) is 10.5. The molecule has 0 saturated heterocycles. The van der Waals surface area contributed by atoms with Gasteiger partial charge in [-0.15, -0.1) is 0 Å². The van der Waals surface area contributed by atoms with Gasteiger partial charge >= 0.3 is 0 Å². The highest BCUT2D eigenvalue weighted by molar-refractivity contribution is 7.80. The topological polar surface area (TPSA) is 43.1 Å². The minimum atomic E-state index is -0.476. The fraction of sp³-hybridized carbons (Fsp3) is 0.400. The molecule has 0 aliphatic heterocycles. The molecule has 0 amide bonds. The van der Waals surface area contributed by atoms with E-state index in [1.165, 1.54) is 6.08 Å². The Morgan fingerprint density at radius 1 is 2.00 bits per heavy atom. The molecule has 0 saturated carbocycles. The molecule has 0 aliphatic rings. The van der Waals surface area contributed by atoms with E-state index in [2.05, 4.69) is 19.2 Å². The molecule has 1 unspecified atom stereocenters. The third kappa shape index (κ3) is 2.14. The third-order valence-electron chi connectivity index (χ3n) is 0.763. The van der Waals surface area contributed by atoms with Crippen LogP contribution in [0.2, 0.25) is 0 Å². The van der Waals surface area contributed by atoms with Crippen molar-refractivity contribution in [3.63, 3.8) is 0 Å². The molecule has 1 atom stereocenters. The minimum Gasteiger partial charge on any atom is -0.321 e. The monoisotopic (exact) mass is 131 g/mol. The summed E-state index contributed by atoms with van der Waals surface area (Å²) in [5.41, 5.74) is 5.23. The average molecular weight is 131 g/mol. The standard InChI is InChI=1S/C5H9NOS/c1-2-5(7)4(6)3-8/h2,4,8H,1,3,6H2. The highest BCUT2D eigenvalue weighted by atomic mass is 32.1. The van der Waals surface area contributed by atoms with E-state index in [0.29, 0.717) is 5.75 Å². The molecule has 8 heavy (non-hydrogen) atoms. The number of hydrogen-bond acceptors (Lipinski definition) is 3. The molecule has 0 rings (SSSR count). The molecule has 0 radical (unpaired) electrons. The predicted molar refractivity (Wildman–Crippen MR) is 37.0 cm³/mol. The number of rotatable bonds is 3. The van der Waals surface area contributed by atoms with Crippen molar-refractivity contribution in [2.75, 3.05) is 5.75 Å². The molecule has 0 aromatic carbocycles. The van der Waals surface area contributed by atoms with Gasteiger partial charge in [-0.3, -0.25) is 4.79 Å². The maximum Gasteiger partial charge on any atom is 0.172 e. The molecule has 0 aromatic rings. The Hall–Kier alpha value is -0.280. The van der Waals surface area contributed by atoms with Crippen molar-refractivity contribution in [2.24, 2.45) is 5.73 Å². The smallest absolute Gasteiger partial charge is 0.172 e. The van der Waals surface area contributed by atoms with Gasteiger partial charge in [-0.25, -0.2) is 0 Å². The SMILES string of the molecule is C=CC(=O)C(N)CS. The van der Waals surface area contributed by atoms with Crippen LogP contribution in [-0.4, -0.2) is 17.6 Å². The summed E-state index contributed by atoms with van der Waals surface area (Å²) >= 11 is 3.82. The van der Waals surface area contributed by atoms with Crippen molar-refractivity contribution in [3.05, 3.63) is 12.7 Å². The zero-order chi connectivity index (χ0) is 6.57. The average Bonchev–Trinajstić information content (AvgIpc) is 1.84. The van der Waals surface area contributed by atoms with Crippen LogP contribution in [0.3, 0.4) is 0 Å². The van der Waals surface area contributed by atoms with Gasteiger partial charge in [0.05, 0.1) is 6.04 Å². The number of nitrogens with two attached hydrogens (primary N) is 1. The van der Waals surface area contributed by atoms with Crippen LogP contribution in [0, 0.1) is 0 Å². The summed E-state index contributed by atoms with van der Waals surface area (Å²) in [6.45, 7) is 3.27. The number of thiol groups is 1. The zero-order valence-corrected chi connectivity index (χ0v) is 5.40. The van der Waals surface area contributed by atoms with E-state index in [-0.39, 0.29) is 5.78 Å². The Labute approximate surface area is 54.2 Å². The van der Waals surface area contributed by atoms with E-state index in [9.17, 15) is 4.79 Å². The highest BCUT2D eigenvalue weighted by Gasteiger charge is 2.04. The third-order valence-corrected chi connectivity index (χ3v) is 1.16. The molecule has 0 heterocycles. The van der Waals surface area contributed by atoms with Crippen LogP contribution in [-0.2, 0) is 4.79 Å². The van der Waals surface area contributed by atoms with Gasteiger partial charge in [0, 0.05) is 5.75 Å². The van der Waals surface area contributed by atoms with Gasteiger partial charge in [0.25, 0.3) is 0 Å². The van der Waals surface area contributed by atoms with Gasteiger partial charge in [-0.2, -0.15) is 12.6 Å². The molecular formula is C5H9NOS. The fourth-order valence-electron chi connectivity index (χ4n) is 0.241. The van der Waals surface area contributed by atoms with E-state index < -0.39 is 6.04 Å². The van der Waals surface area contributed by atoms with Crippen LogP contribution >= 0.6 is 12.6 Å². The molecule has 2 N–H and O–H groups in total. The van der Waals surface area contributed by atoms with Crippen molar-refractivity contribution in [3.8, 4) is 0 Å². The molecule has 0 fully saturated rings. The van der Waals surface area contributed by atoms with Crippen LogP contribution in [0.5, 0.6) is 0 Å². The lowest BCUT2D eigenvalue weighted by molar-refractivity contribution is -0.115. The first kappa shape index (κ1) is 7.72. The normalized spacial score (nSPS) is 12.8. The lowest BCUT2D eigenvalue weighted by atomic mass is 10.2. The Balaban J connectivity index is 3.62. The second-order valence-electron chi connectivity index (χ2n) is 1.40. The van der Waals surface area contributed by atoms with Crippen LogP contribution in [0.4, 0.5) is 0 Å². The predicted octanol–water partition coefficient (Wildman–Crippen LogP) is -0.00140. The first-order valence-corrected chi connectivity index (χ1v) is 2.88. The van der Waals surface area contributed by atoms with Gasteiger partial charge in [0.15, 0.2) is 5.78 Å². The van der Waals surface area contributed by atoms with E-state index in [0.717, 1.165) is 0 Å². The molecule has 3 heteroatoms. The molecule has 0 bridgehead atoms. The van der Waals surface area contributed by atoms with Crippen LogP contribution in [0.15, 0.2) is 12.7 Å². The zero-order valence-electron chi connectivity index (χ0n) is 4.50. The Kier molecular flexibility index (Phi) is 3.56. The number of ketones is 1. The van der Waals surface area contributed by atoms with E-state index in [4.69, 9.17) is 5.73 Å². The Bertz CT molecular complexity index is 103. The molecule has 0 aliphatic carbocycles. The maximum absolute atomic E-state index is 10.5. The van der Waals surface area contributed by atoms with Crippen molar-refractivity contribution < 1.29 is 4.79 Å². The summed E-state index contributed by atoms with van der Waals surface area (Å²) in [5, 5.41) is 0. The van der Waals surface area contributed by atoms with E-state index in [1.807, 2.05) is 0 Å². The number of hydrogen-bond donors (Lipinski definition) is 2. The van der Waals surface area contributed by atoms with Gasteiger partial charge in [-0.05, 0) is 6.08 Å². The molecule has 0 aromatic heterocycles. The van der Waals surface area contributed by atoms with E-state index in [1.54, 1.807) is 0 Å². The Morgan fingerprint density at radius 2 is 2.50 bits per heavy atom. The summed E-state index contributed by atoms with van der Waals surface area (Å²) in [6.07, 6.45) is 1.21. The van der Waals surface area contributed by atoms with Crippen LogP contribution in [0.25, 0.3) is 0 Å². The van der Waals surface area contributed by atoms with Gasteiger partial charge in [-0.1, -0.05) is 6.58 Å². The lowest BCUT2D eigenvalue weighted by Crippen LogP contribution is -2.30. The van der Waals surface area contributed by atoms with Crippen molar-refractivity contribution in [2.45, 2.75) is 6.04 Å². The molecule has 0 spiro atoms. The van der Waals surface area contributed by atoms with Crippen molar-refractivity contribution in [1.82, 2.24) is 0 Å². The van der Waals surface area contributed by atoms with Gasteiger partial charge < -0.3 is 5.73 Å².